The highest BCUT2D eigenvalue weighted by Gasteiger charge is 2.29. The average Bonchev–Trinajstić information content (AvgIpc) is 2.32. The first-order chi connectivity index (χ1) is 8.46. The molecule has 0 bridgehead atoms. The molecular weight excluding hydrogens is 226 g/mol. The van der Waals surface area contributed by atoms with E-state index in [1.54, 1.807) is 0 Å². The lowest BCUT2D eigenvalue weighted by Gasteiger charge is -2.35. The molecule has 0 saturated carbocycles. The number of aryl methyl sites for hydroxylation is 1. The lowest BCUT2D eigenvalue weighted by atomic mass is 9.93. The maximum atomic E-state index is 12.1. The minimum Gasteiger partial charge on any atom is -0.390 e. The molecule has 3 nitrogen and oxygen atoms in total. The summed E-state index contributed by atoms with van der Waals surface area (Å²) in [6, 6.07) is 8.08. The number of nitrogens with zero attached hydrogens (tertiary/aromatic N) is 1. The van der Waals surface area contributed by atoms with Gasteiger partial charge in [0.15, 0.2) is 0 Å². The first kappa shape index (κ1) is 13.1. The predicted molar refractivity (Wildman–Crippen MR) is 71.3 cm³/mol. The zero-order valence-corrected chi connectivity index (χ0v) is 11.1. The van der Waals surface area contributed by atoms with Crippen molar-refractivity contribution >= 4 is 5.91 Å². The number of hydrogen-bond donors (Lipinski definition) is 1. The van der Waals surface area contributed by atoms with Crippen LogP contribution in [0.4, 0.5) is 0 Å². The fourth-order valence-electron chi connectivity index (χ4n) is 2.23. The fraction of sp³-hybridized carbons (Fsp3) is 0.533. The van der Waals surface area contributed by atoms with Crippen LogP contribution in [0.5, 0.6) is 0 Å². The third-order valence-electron chi connectivity index (χ3n) is 3.67. The van der Waals surface area contributed by atoms with Crippen LogP contribution in [0.1, 0.15) is 30.9 Å². The van der Waals surface area contributed by atoms with Crippen molar-refractivity contribution in [2.24, 2.45) is 0 Å². The molecular formula is C15H21NO2. The summed E-state index contributed by atoms with van der Waals surface area (Å²) in [5.41, 5.74) is 1.67. The van der Waals surface area contributed by atoms with Gasteiger partial charge in [-0.15, -0.1) is 0 Å². The van der Waals surface area contributed by atoms with E-state index in [-0.39, 0.29) is 5.91 Å². The van der Waals surface area contributed by atoms with Crippen molar-refractivity contribution in [1.82, 2.24) is 4.90 Å². The van der Waals surface area contributed by atoms with Crippen molar-refractivity contribution in [2.45, 2.75) is 38.7 Å². The van der Waals surface area contributed by atoms with E-state index < -0.39 is 5.60 Å². The second-order valence-electron chi connectivity index (χ2n) is 5.54. The summed E-state index contributed by atoms with van der Waals surface area (Å²) < 4.78 is 0. The molecule has 18 heavy (non-hydrogen) atoms. The van der Waals surface area contributed by atoms with E-state index in [9.17, 15) is 9.90 Å². The van der Waals surface area contributed by atoms with Gasteiger partial charge < -0.3 is 10.0 Å². The van der Waals surface area contributed by atoms with Crippen molar-refractivity contribution in [2.75, 3.05) is 13.1 Å². The molecule has 3 heteroatoms. The molecule has 1 amide bonds. The molecule has 0 aromatic heterocycles. The van der Waals surface area contributed by atoms with Gasteiger partial charge in [-0.2, -0.15) is 0 Å². The Morgan fingerprint density at radius 2 is 1.83 bits per heavy atom. The topological polar surface area (TPSA) is 40.5 Å². The minimum absolute atomic E-state index is 0.161. The smallest absolute Gasteiger partial charge is 0.226 e. The third kappa shape index (κ3) is 3.33. The van der Waals surface area contributed by atoms with Gasteiger partial charge in [0.1, 0.15) is 0 Å². The highest BCUT2D eigenvalue weighted by atomic mass is 16.3. The van der Waals surface area contributed by atoms with Crippen LogP contribution in [-0.4, -0.2) is 34.6 Å². The third-order valence-corrected chi connectivity index (χ3v) is 3.67. The Labute approximate surface area is 108 Å². The van der Waals surface area contributed by atoms with Crippen LogP contribution in [0, 0.1) is 6.92 Å². The van der Waals surface area contributed by atoms with Crippen LogP contribution >= 0.6 is 0 Å². The van der Waals surface area contributed by atoms with E-state index in [4.69, 9.17) is 0 Å². The Morgan fingerprint density at radius 3 is 2.39 bits per heavy atom. The normalized spacial score (nSPS) is 18.7. The maximum Gasteiger partial charge on any atom is 0.226 e. The SMILES string of the molecule is Cc1ccc(CC(=O)N2CCC(C)(O)CC2)cc1. The molecule has 1 aromatic rings. The van der Waals surface area contributed by atoms with E-state index in [0.29, 0.717) is 32.4 Å². The Kier molecular flexibility index (Phi) is 3.71. The van der Waals surface area contributed by atoms with E-state index in [2.05, 4.69) is 0 Å². The lowest BCUT2D eigenvalue weighted by molar-refractivity contribution is -0.134. The van der Waals surface area contributed by atoms with Gasteiger partial charge in [-0.05, 0) is 32.3 Å². The zero-order valence-electron chi connectivity index (χ0n) is 11.1. The van der Waals surface area contributed by atoms with Crippen molar-refractivity contribution in [3.05, 3.63) is 35.4 Å². The molecule has 1 heterocycles. The highest BCUT2D eigenvalue weighted by molar-refractivity contribution is 5.78. The average molecular weight is 247 g/mol. The lowest BCUT2D eigenvalue weighted by Crippen LogP contribution is -2.45. The van der Waals surface area contributed by atoms with E-state index in [0.717, 1.165) is 5.56 Å². The number of aliphatic hydroxyl groups is 1. The monoisotopic (exact) mass is 247 g/mol. The molecule has 0 aliphatic carbocycles. The molecule has 0 atom stereocenters. The van der Waals surface area contributed by atoms with Crippen LogP contribution in [0.3, 0.4) is 0 Å². The van der Waals surface area contributed by atoms with Gasteiger partial charge in [0.05, 0.1) is 12.0 Å². The second-order valence-corrected chi connectivity index (χ2v) is 5.54. The molecule has 1 aromatic carbocycles. The molecule has 1 aliphatic rings. The quantitative estimate of drug-likeness (QED) is 0.867. The Morgan fingerprint density at radius 1 is 1.28 bits per heavy atom. The molecule has 1 fully saturated rings. The number of likely N-dealkylation sites (tertiary alicyclic amines) is 1. The summed E-state index contributed by atoms with van der Waals surface area (Å²) >= 11 is 0. The van der Waals surface area contributed by atoms with Crippen LogP contribution in [0.25, 0.3) is 0 Å². The molecule has 0 radical (unpaired) electrons. The van der Waals surface area contributed by atoms with Crippen molar-refractivity contribution in [3.8, 4) is 0 Å². The van der Waals surface area contributed by atoms with Crippen molar-refractivity contribution in [3.63, 3.8) is 0 Å². The first-order valence-electron chi connectivity index (χ1n) is 6.52. The van der Waals surface area contributed by atoms with E-state index in [1.165, 1.54) is 5.56 Å². The van der Waals surface area contributed by atoms with Gasteiger partial charge in [-0.25, -0.2) is 0 Å². The van der Waals surface area contributed by atoms with Crippen LogP contribution in [0.2, 0.25) is 0 Å². The van der Waals surface area contributed by atoms with Crippen molar-refractivity contribution in [1.29, 1.82) is 0 Å². The number of benzene rings is 1. The molecule has 0 spiro atoms. The summed E-state index contributed by atoms with van der Waals surface area (Å²) in [5, 5.41) is 9.86. The van der Waals surface area contributed by atoms with Gasteiger partial charge in [-0.3, -0.25) is 4.79 Å². The minimum atomic E-state index is -0.597. The number of carbonyl (C=O) groups is 1. The van der Waals surface area contributed by atoms with Crippen molar-refractivity contribution < 1.29 is 9.90 Å². The van der Waals surface area contributed by atoms with Crippen LogP contribution < -0.4 is 0 Å². The number of carbonyl (C=O) groups excluding carboxylic acids is 1. The van der Waals surface area contributed by atoms with E-state index in [1.807, 2.05) is 43.0 Å². The molecule has 0 unspecified atom stereocenters. The number of amides is 1. The molecule has 1 saturated heterocycles. The van der Waals surface area contributed by atoms with Gasteiger partial charge in [0.2, 0.25) is 5.91 Å². The Balaban J connectivity index is 1.91. The predicted octanol–water partition coefficient (Wildman–Crippen LogP) is 1.91. The number of hydrogen-bond acceptors (Lipinski definition) is 2. The molecule has 2 rings (SSSR count). The van der Waals surface area contributed by atoms with Crippen LogP contribution in [-0.2, 0) is 11.2 Å². The van der Waals surface area contributed by atoms with Gasteiger partial charge >= 0.3 is 0 Å². The largest absolute Gasteiger partial charge is 0.390 e. The number of piperidine rings is 1. The summed E-state index contributed by atoms with van der Waals surface area (Å²) in [6.07, 6.45) is 1.81. The number of rotatable bonds is 2. The second kappa shape index (κ2) is 5.11. The summed E-state index contributed by atoms with van der Waals surface area (Å²) in [6.45, 7) is 5.21. The molecule has 1 N–H and O–H groups in total. The maximum absolute atomic E-state index is 12.1. The standard InChI is InChI=1S/C15H21NO2/c1-12-3-5-13(6-4-12)11-14(17)16-9-7-15(2,18)8-10-16/h3-6,18H,7-11H2,1-2H3. The summed E-state index contributed by atoms with van der Waals surface area (Å²) in [4.78, 5) is 14.0. The van der Waals surface area contributed by atoms with E-state index >= 15 is 0 Å². The van der Waals surface area contributed by atoms with Gasteiger partial charge in [0.25, 0.3) is 0 Å². The Hall–Kier alpha value is -1.35. The highest BCUT2D eigenvalue weighted by Crippen LogP contribution is 2.21. The zero-order chi connectivity index (χ0) is 13.2. The molecule has 1 aliphatic heterocycles. The van der Waals surface area contributed by atoms with Crippen LogP contribution in [0.15, 0.2) is 24.3 Å². The Bertz CT molecular complexity index is 413. The van der Waals surface area contributed by atoms with Gasteiger partial charge in [0, 0.05) is 13.1 Å². The molecule has 98 valence electrons. The fourth-order valence-corrected chi connectivity index (χ4v) is 2.23. The summed E-state index contributed by atoms with van der Waals surface area (Å²) in [7, 11) is 0. The van der Waals surface area contributed by atoms with Gasteiger partial charge in [-0.1, -0.05) is 29.8 Å². The first-order valence-corrected chi connectivity index (χ1v) is 6.52. The summed E-state index contributed by atoms with van der Waals surface area (Å²) in [5.74, 6) is 0.161.